The highest BCUT2D eigenvalue weighted by Gasteiger charge is 2.33. The van der Waals surface area contributed by atoms with Gasteiger partial charge in [-0.2, -0.15) is 0 Å². The minimum atomic E-state index is -0.0244. The fraction of sp³-hybridized carbons (Fsp3) is 0.224. The lowest BCUT2D eigenvalue weighted by atomic mass is 9.80. The minimum absolute atomic E-state index is 0.00799. The average molecular weight is 825 g/mol. The first-order chi connectivity index (χ1) is 30.1. The molecule has 0 radical (unpaired) electrons. The van der Waals surface area contributed by atoms with Gasteiger partial charge >= 0.3 is 0 Å². The molecule has 0 amide bonds. The number of hydrogen-bond donors (Lipinski definition) is 0. The molecule has 0 atom stereocenters. The van der Waals surface area contributed by atoms with Gasteiger partial charge in [-0.25, -0.2) is 4.98 Å². The van der Waals surface area contributed by atoms with Gasteiger partial charge in [0.25, 0.3) is 0 Å². The molecule has 314 valence electrons. The molecule has 0 unspecified atom stereocenters. The van der Waals surface area contributed by atoms with E-state index in [0.29, 0.717) is 6.67 Å². The molecule has 0 N–H and O–H groups in total. The molecule has 3 heterocycles. The molecule has 0 bridgehead atoms. The Bertz CT molecular complexity index is 3170. The van der Waals surface area contributed by atoms with Gasteiger partial charge < -0.3 is 14.5 Å². The van der Waals surface area contributed by atoms with Crippen LogP contribution in [0.3, 0.4) is 0 Å². The summed E-state index contributed by atoms with van der Waals surface area (Å²) in [7, 11) is 0. The first kappa shape index (κ1) is 40.2. The Labute approximate surface area is 372 Å². The van der Waals surface area contributed by atoms with Gasteiger partial charge in [0.2, 0.25) is 0 Å². The molecule has 0 saturated heterocycles. The largest absolute Gasteiger partial charge is 0.457 e. The van der Waals surface area contributed by atoms with Crippen molar-refractivity contribution in [3.63, 3.8) is 0 Å². The Balaban J connectivity index is 1.08. The molecule has 7 aromatic carbocycles. The second-order valence-electron chi connectivity index (χ2n) is 20.2. The van der Waals surface area contributed by atoms with E-state index in [9.17, 15) is 0 Å². The highest BCUT2D eigenvalue weighted by Crippen LogP contribution is 2.51. The molecule has 1 aliphatic heterocycles. The number of para-hydroxylation sites is 2. The number of ether oxygens (including phenoxy) is 1. The number of rotatable bonds is 6. The molecule has 1 aliphatic rings. The Morgan fingerprint density at radius 1 is 0.460 bits per heavy atom. The summed E-state index contributed by atoms with van der Waals surface area (Å²) in [5, 5.41) is 4.83. The third kappa shape index (κ3) is 7.29. The summed E-state index contributed by atoms with van der Waals surface area (Å²) in [5.41, 5.74) is 13.1. The number of nitrogens with zero attached hydrogens (tertiary/aromatic N) is 4. The molecule has 10 rings (SSSR count). The van der Waals surface area contributed by atoms with Crippen LogP contribution in [0.2, 0.25) is 0 Å². The van der Waals surface area contributed by atoms with Gasteiger partial charge in [-0.1, -0.05) is 147 Å². The summed E-state index contributed by atoms with van der Waals surface area (Å²) >= 11 is 0. The van der Waals surface area contributed by atoms with E-state index in [1.54, 1.807) is 0 Å². The first-order valence-electron chi connectivity index (χ1n) is 22.2. The maximum Gasteiger partial charge on any atom is 0.137 e. The molecule has 9 aromatic rings. The number of pyridine rings is 1. The lowest BCUT2D eigenvalue weighted by Crippen LogP contribution is -2.25. The standard InChI is InChI=1S/C58H56N4O/c1-56(2,3)39-29-30-59-54(34-39)62-51-25-13-12-22-48(51)49-28-27-45(36-53(49)62)63-44-20-15-19-42(35-44)60-37-61(43-32-40(57(4,5)6)31-41(33-43)58(7,8)9)55-50(24-16-26-52(55)60)47-23-14-18-38-17-10-11-21-46(38)47/h10-36H,37H2,1-9H3. The fourth-order valence-corrected chi connectivity index (χ4v) is 9.18. The number of benzene rings is 7. The van der Waals surface area contributed by atoms with Crippen LogP contribution in [0.1, 0.15) is 79.0 Å². The predicted molar refractivity (Wildman–Crippen MR) is 266 cm³/mol. The second kappa shape index (κ2) is 14.9. The minimum Gasteiger partial charge on any atom is -0.457 e. The van der Waals surface area contributed by atoms with Gasteiger partial charge in [0, 0.05) is 46.0 Å². The van der Waals surface area contributed by atoms with Crippen LogP contribution >= 0.6 is 0 Å². The highest BCUT2D eigenvalue weighted by atomic mass is 16.5. The van der Waals surface area contributed by atoms with E-state index in [4.69, 9.17) is 9.72 Å². The topological polar surface area (TPSA) is 33.5 Å². The summed E-state index contributed by atoms with van der Waals surface area (Å²) in [6.45, 7) is 21.3. The van der Waals surface area contributed by atoms with Crippen LogP contribution in [0.15, 0.2) is 164 Å². The third-order valence-corrected chi connectivity index (χ3v) is 12.8. The smallest absolute Gasteiger partial charge is 0.137 e. The molecule has 2 aromatic heterocycles. The monoisotopic (exact) mass is 824 g/mol. The van der Waals surface area contributed by atoms with Crippen molar-refractivity contribution in [2.75, 3.05) is 16.5 Å². The van der Waals surface area contributed by atoms with Gasteiger partial charge in [-0.3, -0.25) is 4.57 Å². The summed E-state index contributed by atoms with van der Waals surface area (Å²) < 4.78 is 9.09. The Kier molecular flexibility index (Phi) is 9.52. The van der Waals surface area contributed by atoms with Crippen LogP contribution in [0.25, 0.3) is 49.5 Å². The van der Waals surface area contributed by atoms with Crippen molar-refractivity contribution in [1.82, 2.24) is 9.55 Å². The molecular formula is C58H56N4O. The average Bonchev–Trinajstić information content (AvgIpc) is 3.82. The molecule has 0 saturated carbocycles. The molecular weight excluding hydrogens is 769 g/mol. The zero-order valence-electron chi connectivity index (χ0n) is 38.0. The van der Waals surface area contributed by atoms with Crippen molar-refractivity contribution >= 4 is 55.3 Å². The third-order valence-electron chi connectivity index (χ3n) is 12.8. The summed E-state index contributed by atoms with van der Waals surface area (Å²) in [6.07, 6.45) is 1.93. The van der Waals surface area contributed by atoms with E-state index >= 15 is 0 Å². The van der Waals surface area contributed by atoms with Crippen molar-refractivity contribution in [2.45, 2.75) is 78.6 Å². The normalized spacial score (nSPS) is 13.3. The van der Waals surface area contributed by atoms with Gasteiger partial charge in [0.15, 0.2) is 0 Å². The van der Waals surface area contributed by atoms with E-state index in [1.807, 2.05) is 6.20 Å². The van der Waals surface area contributed by atoms with Crippen LogP contribution < -0.4 is 14.5 Å². The molecule has 0 spiro atoms. The van der Waals surface area contributed by atoms with Crippen molar-refractivity contribution in [2.24, 2.45) is 0 Å². The number of anilines is 4. The van der Waals surface area contributed by atoms with Gasteiger partial charge in [0.05, 0.1) is 22.4 Å². The van der Waals surface area contributed by atoms with Crippen molar-refractivity contribution in [1.29, 1.82) is 0 Å². The van der Waals surface area contributed by atoms with Crippen molar-refractivity contribution < 1.29 is 4.74 Å². The lowest BCUT2D eigenvalue weighted by molar-refractivity contribution is 0.483. The van der Waals surface area contributed by atoms with Crippen LogP contribution in [0, 0.1) is 0 Å². The SMILES string of the molecule is CC(C)(C)c1cc(N2CN(c3cccc(Oc4ccc5c6ccccc6n(-c6cc(C(C)(C)C)ccn6)c5c4)c3)c3cccc(-c4cccc5ccccc45)c32)cc(C(C)(C)C)c1. The van der Waals surface area contributed by atoms with E-state index < -0.39 is 0 Å². The van der Waals surface area contributed by atoms with Gasteiger partial charge in [-0.15, -0.1) is 0 Å². The number of fused-ring (bicyclic) bond motifs is 5. The fourth-order valence-electron chi connectivity index (χ4n) is 9.18. The van der Waals surface area contributed by atoms with Crippen LogP contribution in [-0.2, 0) is 16.2 Å². The molecule has 0 fully saturated rings. The van der Waals surface area contributed by atoms with Gasteiger partial charge in [-0.05, 0) is 110 Å². The zero-order valence-corrected chi connectivity index (χ0v) is 38.0. The molecule has 5 nitrogen and oxygen atoms in total. The highest BCUT2D eigenvalue weighted by molar-refractivity contribution is 6.09. The van der Waals surface area contributed by atoms with E-state index in [2.05, 4.69) is 234 Å². The van der Waals surface area contributed by atoms with Crippen molar-refractivity contribution in [3.05, 3.63) is 181 Å². The quantitative estimate of drug-likeness (QED) is 0.167. The number of hydrogen-bond acceptors (Lipinski definition) is 4. The molecule has 0 aliphatic carbocycles. The molecule has 5 heteroatoms. The summed E-state index contributed by atoms with van der Waals surface area (Å²) in [6, 6.07) is 57.3. The Morgan fingerprint density at radius 3 is 1.86 bits per heavy atom. The van der Waals surface area contributed by atoms with E-state index in [-0.39, 0.29) is 16.2 Å². The van der Waals surface area contributed by atoms with Crippen molar-refractivity contribution in [3.8, 4) is 28.4 Å². The second-order valence-corrected chi connectivity index (χ2v) is 20.2. The first-order valence-corrected chi connectivity index (χ1v) is 22.2. The summed E-state index contributed by atoms with van der Waals surface area (Å²) in [5.74, 6) is 2.44. The van der Waals surface area contributed by atoms with E-state index in [1.165, 1.54) is 55.4 Å². The van der Waals surface area contributed by atoms with Crippen LogP contribution in [-0.4, -0.2) is 16.2 Å². The zero-order chi connectivity index (χ0) is 43.8. The lowest BCUT2D eigenvalue weighted by Gasteiger charge is -2.30. The maximum absolute atomic E-state index is 6.82. The maximum atomic E-state index is 6.82. The Morgan fingerprint density at radius 2 is 1.10 bits per heavy atom. The Hall–Kier alpha value is -6.85. The number of aromatic nitrogens is 2. The predicted octanol–water partition coefficient (Wildman–Crippen LogP) is 15.9. The van der Waals surface area contributed by atoms with Crippen LogP contribution in [0.4, 0.5) is 22.7 Å². The molecule has 63 heavy (non-hydrogen) atoms. The van der Waals surface area contributed by atoms with E-state index in [0.717, 1.165) is 45.1 Å². The summed E-state index contributed by atoms with van der Waals surface area (Å²) in [4.78, 5) is 9.86. The van der Waals surface area contributed by atoms with Gasteiger partial charge in [0.1, 0.15) is 24.0 Å². The van der Waals surface area contributed by atoms with Crippen LogP contribution in [0.5, 0.6) is 11.5 Å².